The number of amides is 1. The summed E-state index contributed by atoms with van der Waals surface area (Å²) in [7, 11) is 0. The van der Waals surface area contributed by atoms with Crippen molar-refractivity contribution in [3.05, 3.63) is 102 Å². The number of halogens is 2. The van der Waals surface area contributed by atoms with Crippen molar-refractivity contribution in [3.8, 4) is 11.4 Å². The van der Waals surface area contributed by atoms with E-state index in [2.05, 4.69) is 20.7 Å². The Morgan fingerprint density at radius 1 is 0.912 bits per heavy atom. The third kappa shape index (κ3) is 5.83. The Balaban J connectivity index is 1.50. The predicted octanol–water partition coefficient (Wildman–Crippen LogP) is 4.89. The number of anilines is 1. The first-order chi connectivity index (χ1) is 16.3. The first-order valence-electron chi connectivity index (χ1n) is 10.9. The smallest absolute Gasteiger partial charge is 0.251 e. The van der Waals surface area contributed by atoms with Crippen molar-refractivity contribution in [2.75, 3.05) is 11.9 Å². The minimum Gasteiger partial charge on any atom is -0.351 e. The minimum atomic E-state index is -0.646. The molecule has 0 bridgehead atoms. The highest BCUT2D eigenvalue weighted by Crippen LogP contribution is 2.21. The van der Waals surface area contributed by atoms with Crippen molar-refractivity contribution in [1.29, 1.82) is 0 Å². The third-order valence-corrected chi connectivity index (χ3v) is 5.20. The van der Waals surface area contributed by atoms with Crippen LogP contribution in [0, 0.1) is 11.6 Å². The van der Waals surface area contributed by atoms with Crippen LogP contribution in [0.15, 0.2) is 78.9 Å². The average Bonchev–Trinajstić information content (AvgIpc) is 3.22. The van der Waals surface area contributed by atoms with Crippen LogP contribution in [0.1, 0.15) is 29.8 Å². The normalized spacial score (nSPS) is 11.3. The Kier molecular flexibility index (Phi) is 6.67. The van der Waals surface area contributed by atoms with Crippen LogP contribution in [0.25, 0.3) is 11.4 Å². The standard InChI is InChI=1S/C26H25F2N5O/c1-26(2,31-24(34)20-10-14-22(28)15-11-20)17-29-25-30-23(19-8-12-21(27)13-9-19)33(32-25)16-18-6-4-3-5-7-18/h3-15H,16-17H2,1-2H3,(H,29,32)(H,31,34). The monoisotopic (exact) mass is 461 g/mol. The number of carbonyl (C=O) groups is 1. The van der Waals surface area contributed by atoms with Crippen LogP contribution in [0.4, 0.5) is 14.7 Å². The van der Waals surface area contributed by atoms with E-state index in [1.54, 1.807) is 16.8 Å². The third-order valence-electron chi connectivity index (χ3n) is 5.20. The number of hydrogen-bond donors (Lipinski definition) is 2. The molecule has 0 saturated heterocycles. The number of benzene rings is 3. The van der Waals surface area contributed by atoms with E-state index in [-0.39, 0.29) is 11.7 Å². The van der Waals surface area contributed by atoms with E-state index in [0.717, 1.165) is 11.1 Å². The molecule has 0 saturated carbocycles. The van der Waals surface area contributed by atoms with Crippen LogP contribution >= 0.6 is 0 Å². The Morgan fingerprint density at radius 3 is 2.18 bits per heavy atom. The average molecular weight is 462 g/mol. The second-order valence-electron chi connectivity index (χ2n) is 8.61. The Hall–Kier alpha value is -4.07. The van der Waals surface area contributed by atoms with Crippen LogP contribution in [0.2, 0.25) is 0 Å². The van der Waals surface area contributed by atoms with E-state index >= 15 is 0 Å². The lowest BCUT2D eigenvalue weighted by molar-refractivity contribution is 0.0917. The molecule has 1 amide bonds. The Labute approximate surface area is 196 Å². The summed E-state index contributed by atoms with van der Waals surface area (Å²) in [5.74, 6) is -0.0401. The summed E-state index contributed by atoms with van der Waals surface area (Å²) in [4.78, 5) is 17.1. The van der Waals surface area contributed by atoms with Gasteiger partial charge in [0.05, 0.1) is 12.1 Å². The van der Waals surface area contributed by atoms with Gasteiger partial charge in [0.15, 0.2) is 5.82 Å². The molecule has 0 spiro atoms. The molecule has 0 unspecified atom stereocenters. The molecule has 1 aromatic heterocycles. The van der Waals surface area contributed by atoms with Gasteiger partial charge >= 0.3 is 0 Å². The minimum absolute atomic E-state index is 0.304. The molecule has 0 aliphatic rings. The van der Waals surface area contributed by atoms with Gasteiger partial charge in [0.1, 0.15) is 11.6 Å². The van der Waals surface area contributed by atoms with Crippen LogP contribution < -0.4 is 10.6 Å². The highest BCUT2D eigenvalue weighted by atomic mass is 19.1. The predicted molar refractivity (Wildman–Crippen MR) is 127 cm³/mol. The molecular formula is C26H25F2N5O. The zero-order valence-corrected chi connectivity index (χ0v) is 18.9. The van der Waals surface area contributed by atoms with Gasteiger partial charge in [-0.25, -0.2) is 13.5 Å². The van der Waals surface area contributed by atoms with Gasteiger partial charge in [-0.2, -0.15) is 4.98 Å². The lowest BCUT2D eigenvalue weighted by atomic mass is 10.0. The summed E-state index contributed by atoms with van der Waals surface area (Å²) < 4.78 is 28.3. The van der Waals surface area contributed by atoms with Crippen molar-refractivity contribution < 1.29 is 13.6 Å². The van der Waals surface area contributed by atoms with Crippen molar-refractivity contribution in [1.82, 2.24) is 20.1 Å². The molecule has 0 radical (unpaired) electrons. The maximum Gasteiger partial charge on any atom is 0.251 e. The van der Waals surface area contributed by atoms with Gasteiger partial charge in [-0.05, 0) is 67.9 Å². The number of rotatable bonds is 8. The van der Waals surface area contributed by atoms with E-state index in [4.69, 9.17) is 0 Å². The Bertz CT molecular complexity index is 1250. The van der Waals surface area contributed by atoms with E-state index in [1.807, 2.05) is 44.2 Å². The maximum atomic E-state index is 13.4. The van der Waals surface area contributed by atoms with Crippen molar-refractivity contribution in [2.24, 2.45) is 0 Å². The highest BCUT2D eigenvalue weighted by Gasteiger charge is 2.22. The van der Waals surface area contributed by atoms with Gasteiger partial charge in [0.2, 0.25) is 5.95 Å². The lowest BCUT2D eigenvalue weighted by Crippen LogP contribution is -2.48. The molecule has 6 nitrogen and oxygen atoms in total. The zero-order chi connectivity index (χ0) is 24.1. The molecule has 4 rings (SSSR count). The molecule has 0 atom stereocenters. The number of nitrogens with one attached hydrogen (secondary N) is 2. The van der Waals surface area contributed by atoms with E-state index in [1.165, 1.54) is 36.4 Å². The fourth-order valence-electron chi connectivity index (χ4n) is 3.42. The van der Waals surface area contributed by atoms with Crippen molar-refractivity contribution in [2.45, 2.75) is 25.9 Å². The molecule has 0 fully saturated rings. The molecule has 174 valence electrons. The maximum absolute atomic E-state index is 13.4. The lowest BCUT2D eigenvalue weighted by Gasteiger charge is -2.26. The number of nitrogens with zero attached hydrogens (tertiary/aromatic N) is 3. The van der Waals surface area contributed by atoms with Gasteiger partial charge in [-0.15, -0.1) is 5.10 Å². The largest absolute Gasteiger partial charge is 0.351 e. The van der Waals surface area contributed by atoms with Crippen molar-refractivity contribution >= 4 is 11.9 Å². The van der Waals surface area contributed by atoms with Gasteiger partial charge in [0.25, 0.3) is 5.91 Å². The second-order valence-corrected chi connectivity index (χ2v) is 8.61. The summed E-state index contributed by atoms with van der Waals surface area (Å²) >= 11 is 0. The van der Waals surface area contributed by atoms with E-state index in [9.17, 15) is 13.6 Å². The van der Waals surface area contributed by atoms with Crippen LogP contribution in [-0.4, -0.2) is 32.8 Å². The summed E-state index contributed by atoms with van der Waals surface area (Å²) in [5, 5.41) is 10.7. The summed E-state index contributed by atoms with van der Waals surface area (Å²) in [5.41, 5.74) is 1.51. The topological polar surface area (TPSA) is 71.8 Å². The number of hydrogen-bond acceptors (Lipinski definition) is 4. The van der Waals surface area contributed by atoms with Crippen molar-refractivity contribution in [3.63, 3.8) is 0 Å². The quantitative estimate of drug-likeness (QED) is 0.392. The molecule has 0 aliphatic heterocycles. The van der Waals surface area contributed by atoms with Gasteiger partial charge < -0.3 is 10.6 Å². The van der Waals surface area contributed by atoms with Gasteiger partial charge in [-0.3, -0.25) is 4.79 Å². The molecular weight excluding hydrogens is 436 g/mol. The molecule has 34 heavy (non-hydrogen) atoms. The summed E-state index contributed by atoms with van der Waals surface area (Å²) in [6.45, 7) is 4.57. The fourth-order valence-corrected chi connectivity index (χ4v) is 3.42. The SMILES string of the molecule is CC(C)(CNc1nc(-c2ccc(F)cc2)n(Cc2ccccc2)n1)NC(=O)c1ccc(F)cc1. The molecule has 8 heteroatoms. The first-order valence-corrected chi connectivity index (χ1v) is 10.9. The fraction of sp³-hybridized carbons (Fsp3) is 0.192. The molecule has 2 N–H and O–H groups in total. The molecule has 1 heterocycles. The van der Waals surface area contributed by atoms with Gasteiger partial charge in [-0.1, -0.05) is 30.3 Å². The van der Waals surface area contributed by atoms with Crippen LogP contribution in [0.3, 0.4) is 0 Å². The number of carbonyl (C=O) groups excluding carboxylic acids is 1. The molecule has 0 aliphatic carbocycles. The summed E-state index contributed by atoms with van der Waals surface area (Å²) in [6.07, 6.45) is 0. The number of aromatic nitrogens is 3. The van der Waals surface area contributed by atoms with Gasteiger partial charge in [0, 0.05) is 17.7 Å². The molecule has 4 aromatic rings. The van der Waals surface area contributed by atoms with E-state index < -0.39 is 11.4 Å². The second kappa shape index (κ2) is 9.82. The Morgan fingerprint density at radius 2 is 1.53 bits per heavy atom. The zero-order valence-electron chi connectivity index (χ0n) is 18.9. The summed E-state index contributed by atoms with van der Waals surface area (Å²) in [6, 6.07) is 21.3. The highest BCUT2D eigenvalue weighted by molar-refractivity contribution is 5.94. The van der Waals surface area contributed by atoms with E-state index in [0.29, 0.717) is 30.4 Å². The molecule has 3 aromatic carbocycles. The van der Waals surface area contributed by atoms with Crippen LogP contribution in [0.5, 0.6) is 0 Å². The van der Waals surface area contributed by atoms with Crippen LogP contribution in [-0.2, 0) is 6.54 Å². The first kappa shape index (κ1) is 23.1.